The second-order valence-corrected chi connectivity index (χ2v) is 6.38. The first kappa shape index (κ1) is 20.2. The van der Waals surface area contributed by atoms with E-state index < -0.39 is 30.3 Å². The number of nitrogens with one attached hydrogen (secondary N) is 1. The van der Waals surface area contributed by atoms with Gasteiger partial charge in [0.05, 0.1) is 12.5 Å². The van der Waals surface area contributed by atoms with Crippen LogP contribution in [-0.4, -0.2) is 11.9 Å². The molecule has 0 spiro atoms. The quantitative estimate of drug-likeness (QED) is 0.597. The third-order valence-electron chi connectivity index (χ3n) is 4.33. The molecule has 0 aliphatic carbocycles. The first-order valence-electron chi connectivity index (χ1n) is 9.04. The van der Waals surface area contributed by atoms with Gasteiger partial charge in [-0.1, -0.05) is 60.7 Å². The SMILES string of the molecule is O=C(CC(NC(=O)c1ccccc1)c1ccccc1)OCc1cccc(F)c1F. The van der Waals surface area contributed by atoms with E-state index in [-0.39, 0.29) is 17.9 Å². The van der Waals surface area contributed by atoms with Crippen molar-refractivity contribution in [2.24, 2.45) is 0 Å². The summed E-state index contributed by atoms with van der Waals surface area (Å²) in [5.41, 5.74) is 1.14. The zero-order valence-corrected chi connectivity index (χ0v) is 15.5. The molecule has 1 unspecified atom stereocenters. The summed E-state index contributed by atoms with van der Waals surface area (Å²) in [5, 5.41) is 2.83. The van der Waals surface area contributed by atoms with Crippen molar-refractivity contribution in [2.45, 2.75) is 19.1 Å². The molecule has 0 aliphatic heterocycles. The van der Waals surface area contributed by atoms with Gasteiger partial charge in [0.25, 0.3) is 5.91 Å². The molecule has 0 bridgehead atoms. The molecule has 1 atom stereocenters. The van der Waals surface area contributed by atoms with Crippen LogP contribution in [0.3, 0.4) is 0 Å². The summed E-state index contributed by atoms with van der Waals surface area (Å²) in [6, 6.07) is 20.7. The number of amides is 1. The molecule has 0 radical (unpaired) electrons. The van der Waals surface area contributed by atoms with Gasteiger partial charge in [-0.05, 0) is 23.8 Å². The Morgan fingerprint density at radius 2 is 1.52 bits per heavy atom. The van der Waals surface area contributed by atoms with E-state index >= 15 is 0 Å². The molecular weight excluding hydrogens is 376 g/mol. The van der Waals surface area contributed by atoms with E-state index in [0.29, 0.717) is 5.56 Å². The zero-order valence-electron chi connectivity index (χ0n) is 15.5. The number of benzene rings is 3. The van der Waals surface area contributed by atoms with Crippen LogP contribution in [0.2, 0.25) is 0 Å². The summed E-state index contributed by atoms with van der Waals surface area (Å²) < 4.78 is 32.1. The number of ether oxygens (including phenoxy) is 1. The molecule has 148 valence electrons. The first-order chi connectivity index (χ1) is 14.0. The van der Waals surface area contributed by atoms with Crippen LogP contribution in [0.25, 0.3) is 0 Å². The molecule has 3 aromatic carbocycles. The van der Waals surface area contributed by atoms with E-state index in [1.165, 1.54) is 12.1 Å². The number of hydrogen-bond acceptors (Lipinski definition) is 3. The van der Waals surface area contributed by atoms with Gasteiger partial charge in [-0.15, -0.1) is 0 Å². The molecule has 0 saturated carbocycles. The zero-order chi connectivity index (χ0) is 20.6. The Labute approximate surface area is 167 Å². The lowest BCUT2D eigenvalue weighted by Crippen LogP contribution is -2.30. The molecular formula is C23H19F2NO3. The lowest BCUT2D eigenvalue weighted by Gasteiger charge is -2.19. The van der Waals surface area contributed by atoms with Gasteiger partial charge >= 0.3 is 5.97 Å². The standard InChI is InChI=1S/C23H19F2NO3/c24-19-13-7-12-18(22(19)25)15-29-21(27)14-20(16-8-3-1-4-9-16)26-23(28)17-10-5-2-6-11-17/h1-13,20H,14-15H2,(H,26,28). The van der Waals surface area contributed by atoms with Crippen molar-refractivity contribution in [3.05, 3.63) is 107 Å². The van der Waals surface area contributed by atoms with E-state index in [0.717, 1.165) is 11.6 Å². The number of esters is 1. The minimum atomic E-state index is -1.04. The van der Waals surface area contributed by atoms with Crippen LogP contribution in [0.4, 0.5) is 8.78 Å². The normalized spacial score (nSPS) is 11.5. The Hall–Kier alpha value is -3.54. The van der Waals surface area contributed by atoms with E-state index in [9.17, 15) is 18.4 Å². The minimum Gasteiger partial charge on any atom is -0.461 e. The molecule has 0 aliphatic rings. The highest BCUT2D eigenvalue weighted by Gasteiger charge is 2.20. The molecule has 1 amide bonds. The van der Waals surface area contributed by atoms with Crippen LogP contribution in [0, 0.1) is 11.6 Å². The van der Waals surface area contributed by atoms with Crippen LogP contribution < -0.4 is 5.32 Å². The average Bonchev–Trinajstić information content (AvgIpc) is 2.75. The Morgan fingerprint density at radius 1 is 0.862 bits per heavy atom. The number of carbonyl (C=O) groups excluding carboxylic acids is 2. The molecule has 6 heteroatoms. The summed E-state index contributed by atoms with van der Waals surface area (Å²) in [7, 11) is 0. The second kappa shape index (κ2) is 9.59. The van der Waals surface area contributed by atoms with Crippen molar-refractivity contribution in [3.8, 4) is 0 Å². The Balaban J connectivity index is 1.69. The van der Waals surface area contributed by atoms with Gasteiger partial charge in [0.15, 0.2) is 11.6 Å². The van der Waals surface area contributed by atoms with Crippen LogP contribution >= 0.6 is 0 Å². The Bertz CT molecular complexity index is 978. The predicted octanol–water partition coefficient (Wildman–Crippen LogP) is 4.57. The second-order valence-electron chi connectivity index (χ2n) is 6.38. The number of carbonyl (C=O) groups is 2. The molecule has 0 aromatic heterocycles. The van der Waals surface area contributed by atoms with Crippen LogP contribution in [-0.2, 0) is 16.1 Å². The maximum absolute atomic E-state index is 13.7. The fourth-order valence-electron chi connectivity index (χ4n) is 2.81. The molecule has 29 heavy (non-hydrogen) atoms. The van der Waals surface area contributed by atoms with Crippen LogP contribution in [0.5, 0.6) is 0 Å². The van der Waals surface area contributed by atoms with E-state index in [1.54, 1.807) is 54.6 Å². The Morgan fingerprint density at radius 3 is 2.21 bits per heavy atom. The van der Waals surface area contributed by atoms with Gasteiger partial charge in [0.1, 0.15) is 6.61 Å². The summed E-state index contributed by atoms with van der Waals surface area (Å²) >= 11 is 0. The molecule has 0 fully saturated rings. The summed E-state index contributed by atoms with van der Waals surface area (Å²) in [6.45, 7) is -0.392. The third kappa shape index (κ3) is 5.48. The van der Waals surface area contributed by atoms with Gasteiger partial charge in [0, 0.05) is 11.1 Å². The predicted molar refractivity (Wildman–Crippen MR) is 104 cm³/mol. The number of rotatable bonds is 7. The topological polar surface area (TPSA) is 55.4 Å². The van der Waals surface area contributed by atoms with Crippen molar-refractivity contribution in [1.82, 2.24) is 5.32 Å². The van der Waals surface area contributed by atoms with Crippen molar-refractivity contribution in [1.29, 1.82) is 0 Å². The van der Waals surface area contributed by atoms with Gasteiger partial charge in [-0.2, -0.15) is 0 Å². The maximum Gasteiger partial charge on any atom is 0.308 e. The van der Waals surface area contributed by atoms with Crippen LogP contribution in [0.15, 0.2) is 78.9 Å². The number of halogens is 2. The fourth-order valence-corrected chi connectivity index (χ4v) is 2.81. The van der Waals surface area contributed by atoms with Crippen molar-refractivity contribution in [3.63, 3.8) is 0 Å². The highest BCUT2D eigenvalue weighted by Crippen LogP contribution is 2.19. The molecule has 3 aromatic rings. The van der Waals surface area contributed by atoms with Crippen molar-refractivity contribution in [2.75, 3.05) is 0 Å². The fraction of sp³-hybridized carbons (Fsp3) is 0.130. The van der Waals surface area contributed by atoms with Gasteiger partial charge < -0.3 is 10.1 Å². The molecule has 1 N–H and O–H groups in total. The van der Waals surface area contributed by atoms with E-state index in [1.807, 2.05) is 6.07 Å². The van der Waals surface area contributed by atoms with Gasteiger partial charge in [-0.25, -0.2) is 8.78 Å². The third-order valence-corrected chi connectivity index (χ3v) is 4.33. The monoisotopic (exact) mass is 395 g/mol. The molecule has 3 rings (SSSR count). The van der Waals surface area contributed by atoms with Gasteiger partial charge in [-0.3, -0.25) is 9.59 Å². The highest BCUT2D eigenvalue weighted by atomic mass is 19.2. The van der Waals surface area contributed by atoms with Crippen molar-refractivity contribution >= 4 is 11.9 Å². The first-order valence-corrected chi connectivity index (χ1v) is 9.04. The summed E-state index contributed by atoms with van der Waals surface area (Å²) in [4.78, 5) is 24.8. The molecule has 4 nitrogen and oxygen atoms in total. The van der Waals surface area contributed by atoms with Crippen LogP contribution in [0.1, 0.15) is 33.9 Å². The molecule has 0 saturated heterocycles. The summed E-state index contributed by atoms with van der Waals surface area (Å²) in [6.07, 6.45) is -0.153. The van der Waals surface area contributed by atoms with Gasteiger partial charge in [0.2, 0.25) is 0 Å². The Kier molecular flexibility index (Phi) is 6.68. The maximum atomic E-state index is 13.7. The van der Waals surface area contributed by atoms with E-state index in [2.05, 4.69) is 5.32 Å². The summed E-state index contributed by atoms with van der Waals surface area (Å²) in [5.74, 6) is -3.02. The lowest BCUT2D eigenvalue weighted by atomic mass is 10.0. The average molecular weight is 395 g/mol. The van der Waals surface area contributed by atoms with Crippen molar-refractivity contribution < 1.29 is 23.1 Å². The van der Waals surface area contributed by atoms with E-state index in [4.69, 9.17) is 4.74 Å². The largest absolute Gasteiger partial charge is 0.461 e. The lowest BCUT2D eigenvalue weighted by molar-refractivity contribution is -0.145. The highest BCUT2D eigenvalue weighted by molar-refractivity contribution is 5.94. The molecule has 0 heterocycles. The number of hydrogen-bond donors (Lipinski definition) is 1. The smallest absolute Gasteiger partial charge is 0.308 e. The minimum absolute atomic E-state index is 0.0528.